The number of phenols is 1. The summed E-state index contributed by atoms with van der Waals surface area (Å²) in [5.74, 6) is -0.426. The van der Waals surface area contributed by atoms with Gasteiger partial charge in [0.1, 0.15) is 11.5 Å². The van der Waals surface area contributed by atoms with Crippen LogP contribution in [0.1, 0.15) is 11.6 Å². The average molecular weight is 302 g/mol. The second kappa shape index (κ2) is 6.36. The van der Waals surface area contributed by atoms with Gasteiger partial charge in [-0.25, -0.2) is 0 Å². The van der Waals surface area contributed by atoms with E-state index < -0.39 is 6.36 Å². The fourth-order valence-electron chi connectivity index (χ4n) is 2.40. The Kier molecular flexibility index (Phi) is 4.74. The van der Waals surface area contributed by atoms with Crippen LogP contribution in [0.3, 0.4) is 0 Å². The molecule has 0 unspecified atom stereocenters. The quantitative estimate of drug-likeness (QED) is 0.839. The first kappa shape index (κ1) is 15.7. The van der Waals surface area contributed by atoms with Gasteiger partial charge in [-0.3, -0.25) is 4.90 Å². The molecule has 0 saturated carbocycles. The maximum atomic E-state index is 12.3. The molecule has 1 aromatic rings. The Bertz CT molecular complexity index is 499. The standard InChI is InChI=1S/C14H17F3N2O2/c1-2-12(19-7-5-18-6-8-19)11-9-10(3-4-13(11)20)21-14(15,16)17/h2-4,9,12,18,20H,1,5-8H2/t12-/m0/s1. The largest absolute Gasteiger partial charge is 0.573 e. The second-order valence-electron chi connectivity index (χ2n) is 4.73. The highest BCUT2D eigenvalue weighted by Gasteiger charge is 2.32. The monoisotopic (exact) mass is 302 g/mol. The van der Waals surface area contributed by atoms with Gasteiger partial charge in [-0.05, 0) is 18.2 Å². The third-order valence-corrected chi connectivity index (χ3v) is 3.32. The fourth-order valence-corrected chi connectivity index (χ4v) is 2.40. The molecule has 1 saturated heterocycles. The van der Waals surface area contributed by atoms with E-state index in [1.54, 1.807) is 6.08 Å². The molecule has 7 heteroatoms. The lowest BCUT2D eigenvalue weighted by Gasteiger charge is -2.33. The Morgan fingerprint density at radius 2 is 2.00 bits per heavy atom. The first-order chi connectivity index (χ1) is 9.90. The van der Waals surface area contributed by atoms with Crippen LogP contribution >= 0.6 is 0 Å². The maximum absolute atomic E-state index is 12.3. The molecule has 1 aliphatic heterocycles. The minimum Gasteiger partial charge on any atom is -0.508 e. The van der Waals surface area contributed by atoms with Gasteiger partial charge in [-0.2, -0.15) is 0 Å². The van der Waals surface area contributed by atoms with E-state index in [9.17, 15) is 18.3 Å². The normalized spacial score (nSPS) is 18.2. The molecule has 1 heterocycles. The van der Waals surface area contributed by atoms with E-state index in [2.05, 4.69) is 16.6 Å². The van der Waals surface area contributed by atoms with Gasteiger partial charge in [0.2, 0.25) is 0 Å². The van der Waals surface area contributed by atoms with Crippen molar-refractivity contribution in [3.8, 4) is 11.5 Å². The van der Waals surface area contributed by atoms with Gasteiger partial charge >= 0.3 is 6.36 Å². The number of phenolic OH excluding ortho intramolecular Hbond substituents is 1. The zero-order valence-corrected chi connectivity index (χ0v) is 11.4. The Balaban J connectivity index is 2.27. The van der Waals surface area contributed by atoms with Crippen LogP contribution in [0.2, 0.25) is 0 Å². The van der Waals surface area contributed by atoms with Crippen LogP contribution in [0.15, 0.2) is 30.9 Å². The number of aromatic hydroxyl groups is 1. The lowest BCUT2D eigenvalue weighted by Crippen LogP contribution is -2.44. The van der Waals surface area contributed by atoms with E-state index in [1.165, 1.54) is 12.1 Å². The van der Waals surface area contributed by atoms with Gasteiger partial charge < -0.3 is 15.2 Å². The van der Waals surface area contributed by atoms with Crippen molar-refractivity contribution in [2.24, 2.45) is 0 Å². The topological polar surface area (TPSA) is 44.7 Å². The summed E-state index contributed by atoms with van der Waals surface area (Å²) < 4.78 is 40.8. The Hall–Kier alpha value is -1.73. The highest BCUT2D eigenvalue weighted by Crippen LogP contribution is 2.34. The third kappa shape index (κ3) is 4.12. The summed E-state index contributed by atoms with van der Waals surface area (Å²) in [6.07, 6.45) is -3.15. The number of ether oxygens (including phenoxy) is 1. The van der Waals surface area contributed by atoms with Crippen LogP contribution in [-0.4, -0.2) is 42.5 Å². The van der Waals surface area contributed by atoms with Gasteiger partial charge in [0.05, 0.1) is 6.04 Å². The zero-order chi connectivity index (χ0) is 15.5. The zero-order valence-electron chi connectivity index (χ0n) is 11.4. The van der Waals surface area contributed by atoms with Crippen LogP contribution in [0.25, 0.3) is 0 Å². The van der Waals surface area contributed by atoms with Crippen molar-refractivity contribution >= 4 is 0 Å². The third-order valence-electron chi connectivity index (χ3n) is 3.32. The molecule has 4 nitrogen and oxygen atoms in total. The number of hydrogen-bond acceptors (Lipinski definition) is 4. The SMILES string of the molecule is C=C[C@@H](c1cc(OC(F)(F)F)ccc1O)N1CCNCC1. The predicted octanol–water partition coefficient (Wildman–Crippen LogP) is 2.42. The van der Waals surface area contributed by atoms with Crippen molar-refractivity contribution in [3.63, 3.8) is 0 Å². The van der Waals surface area contributed by atoms with Crippen molar-refractivity contribution in [2.75, 3.05) is 26.2 Å². The molecular formula is C14H17F3N2O2. The van der Waals surface area contributed by atoms with Gasteiger partial charge in [-0.15, -0.1) is 19.8 Å². The molecule has 2 rings (SSSR count). The number of nitrogens with one attached hydrogen (secondary N) is 1. The molecule has 0 aromatic heterocycles. The lowest BCUT2D eigenvalue weighted by atomic mass is 10.0. The Labute approximate surface area is 120 Å². The van der Waals surface area contributed by atoms with Gasteiger partial charge in [0.15, 0.2) is 0 Å². The molecule has 1 aromatic carbocycles. The Morgan fingerprint density at radius 3 is 2.57 bits per heavy atom. The van der Waals surface area contributed by atoms with Crippen molar-refractivity contribution in [1.82, 2.24) is 10.2 Å². The lowest BCUT2D eigenvalue weighted by molar-refractivity contribution is -0.274. The highest BCUT2D eigenvalue weighted by atomic mass is 19.4. The number of hydrogen-bond donors (Lipinski definition) is 2. The number of rotatable bonds is 4. The molecule has 0 spiro atoms. The van der Waals surface area contributed by atoms with Gasteiger partial charge in [-0.1, -0.05) is 6.08 Å². The summed E-state index contributed by atoms with van der Waals surface area (Å²) in [4.78, 5) is 2.04. The second-order valence-corrected chi connectivity index (χ2v) is 4.73. The van der Waals surface area contributed by atoms with Crippen LogP contribution in [0, 0.1) is 0 Å². The number of alkyl halides is 3. The maximum Gasteiger partial charge on any atom is 0.573 e. The molecule has 2 N–H and O–H groups in total. The summed E-state index contributed by atoms with van der Waals surface area (Å²) in [5.41, 5.74) is 0.355. The highest BCUT2D eigenvalue weighted by molar-refractivity contribution is 5.43. The molecule has 21 heavy (non-hydrogen) atoms. The first-order valence-corrected chi connectivity index (χ1v) is 6.56. The average Bonchev–Trinajstić information content (AvgIpc) is 2.43. The molecule has 1 atom stereocenters. The molecule has 1 aliphatic rings. The van der Waals surface area contributed by atoms with Crippen molar-refractivity contribution in [2.45, 2.75) is 12.4 Å². The number of nitrogens with zero attached hydrogens (tertiary/aromatic N) is 1. The summed E-state index contributed by atoms with van der Waals surface area (Å²) in [6.45, 7) is 6.73. The first-order valence-electron chi connectivity index (χ1n) is 6.56. The van der Waals surface area contributed by atoms with E-state index in [4.69, 9.17) is 0 Å². The summed E-state index contributed by atoms with van der Waals surface area (Å²) in [5, 5.41) is 13.1. The van der Waals surface area contributed by atoms with Crippen LogP contribution in [-0.2, 0) is 0 Å². The molecular weight excluding hydrogens is 285 g/mol. The van der Waals surface area contributed by atoms with Crippen LogP contribution in [0.4, 0.5) is 13.2 Å². The van der Waals surface area contributed by atoms with Crippen molar-refractivity contribution < 1.29 is 23.0 Å². The Morgan fingerprint density at radius 1 is 1.33 bits per heavy atom. The van der Waals surface area contributed by atoms with Crippen molar-refractivity contribution in [1.29, 1.82) is 0 Å². The molecule has 1 fully saturated rings. The van der Waals surface area contributed by atoms with Gasteiger partial charge in [0, 0.05) is 31.7 Å². The minimum absolute atomic E-state index is 0.0760. The van der Waals surface area contributed by atoms with Crippen molar-refractivity contribution in [3.05, 3.63) is 36.4 Å². The predicted molar refractivity (Wildman–Crippen MR) is 72.2 cm³/mol. The van der Waals surface area contributed by atoms with Crippen LogP contribution < -0.4 is 10.1 Å². The van der Waals surface area contributed by atoms with Crippen LogP contribution in [0.5, 0.6) is 11.5 Å². The molecule has 116 valence electrons. The summed E-state index contributed by atoms with van der Waals surface area (Å²) in [7, 11) is 0. The minimum atomic E-state index is -4.76. The fraction of sp³-hybridized carbons (Fsp3) is 0.429. The van der Waals surface area contributed by atoms with E-state index >= 15 is 0 Å². The van der Waals surface area contributed by atoms with Gasteiger partial charge in [0.25, 0.3) is 0 Å². The molecule has 0 aliphatic carbocycles. The number of benzene rings is 1. The molecule has 0 amide bonds. The van der Waals surface area contributed by atoms with E-state index in [0.717, 1.165) is 32.2 Å². The summed E-state index contributed by atoms with van der Waals surface area (Å²) >= 11 is 0. The molecule has 0 radical (unpaired) electrons. The molecule has 0 bridgehead atoms. The number of piperazine rings is 1. The summed E-state index contributed by atoms with van der Waals surface area (Å²) in [6, 6.07) is 3.14. The number of halogens is 3. The van der Waals surface area contributed by atoms with E-state index in [1.807, 2.05) is 4.90 Å². The smallest absolute Gasteiger partial charge is 0.508 e. The van der Waals surface area contributed by atoms with E-state index in [0.29, 0.717) is 5.56 Å². The van der Waals surface area contributed by atoms with E-state index in [-0.39, 0.29) is 17.5 Å².